The van der Waals surface area contributed by atoms with Crippen LogP contribution in [0, 0.1) is 13.8 Å². The van der Waals surface area contributed by atoms with E-state index in [1.807, 2.05) is 11.3 Å². The average molecular weight is 461 g/mol. The number of hydrogen-bond acceptors (Lipinski definition) is 6. The number of imidazole rings is 1. The van der Waals surface area contributed by atoms with Crippen LogP contribution in [0.5, 0.6) is 0 Å². The Hall–Kier alpha value is -2.97. The van der Waals surface area contributed by atoms with Crippen LogP contribution in [-0.2, 0) is 25.1 Å². The summed E-state index contributed by atoms with van der Waals surface area (Å²) in [6, 6.07) is 16.9. The summed E-state index contributed by atoms with van der Waals surface area (Å²) in [5, 5.41) is 12.1. The van der Waals surface area contributed by atoms with E-state index in [0.29, 0.717) is 0 Å². The third-order valence-corrected chi connectivity index (χ3v) is 7.21. The second kappa shape index (κ2) is 9.26. The molecule has 0 fully saturated rings. The maximum atomic E-state index is 4.72. The first kappa shape index (κ1) is 20.9. The van der Waals surface area contributed by atoms with Gasteiger partial charge >= 0.3 is 0 Å². The minimum Gasteiger partial charge on any atom is -0.305 e. The summed E-state index contributed by atoms with van der Waals surface area (Å²) >= 11 is 3.44. The molecule has 5 aromatic rings. The van der Waals surface area contributed by atoms with Gasteiger partial charge in [0.15, 0.2) is 5.16 Å². The lowest BCUT2D eigenvalue weighted by Crippen LogP contribution is -2.08. The summed E-state index contributed by atoms with van der Waals surface area (Å²) in [7, 11) is 0. The van der Waals surface area contributed by atoms with Crippen molar-refractivity contribution in [3.05, 3.63) is 93.5 Å². The molecule has 6 nitrogen and oxygen atoms in total. The maximum Gasteiger partial charge on any atom is 0.234 e. The number of aromatic nitrogens is 6. The molecule has 4 aromatic heterocycles. The highest BCUT2D eigenvalue weighted by atomic mass is 32.2. The van der Waals surface area contributed by atoms with Gasteiger partial charge in [0.1, 0.15) is 5.82 Å². The van der Waals surface area contributed by atoms with E-state index in [0.717, 1.165) is 59.0 Å². The van der Waals surface area contributed by atoms with Crippen LogP contribution in [0.4, 0.5) is 0 Å². The Morgan fingerprint density at radius 2 is 1.88 bits per heavy atom. The molecule has 0 bridgehead atoms. The highest BCUT2D eigenvalue weighted by Crippen LogP contribution is 2.24. The van der Waals surface area contributed by atoms with E-state index in [9.17, 15) is 0 Å². The van der Waals surface area contributed by atoms with E-state index in [-0.39, 0.29) is 0 Å². The number of hydrogen-bond donors (Lipinski definition) is 0. The summed E-state index contributed by atoms with van der Waals surface area (Å²) in [4.78, 5) is 10.6. The summed E-state index contributed by atoms with van der Waals surface area (Å²) in [6.45, 7) is 4.93. The van der Waals surface area contributed by atoms with Gasteiger partial charge in [-0.15, -0.1) is 21.5 Å². The molecule has 0 aliphatic rings. The fraction of sp³-hybridized carbons (Fsp3) is 0.250. The molecule has 0 atom stereocenters. The number of nitrogens with zero attached hydrogens (tertiary/aromatic N) is 6. The predicted octanol–water partition coefficient (Wildman–Crippen LogP) is 5.12. The van der Waals surface area contributed by atoms with Gasteiger partial charge in [-0.1, -0.05) is 48.2 Å². The van der Waals surface area contributed by atoms with E-state index >= 15 is 0 Å². The normalized spacial score (nSPS) is 11.4. The standard InChI is InChI=1S/C24H24N6S2/c1-17-13-18(2)30-15-20(26-23(30)25-17)16-32-24-28-27-22(14-21-9-6-12-31-21)29(24)11-10-19-7-4-3-5-8-19/h3-9,12-13,15H,10-11,14,16H2,1-2H3. The average Bonchev–Trinajstić information content (AvgIpc) is 3.52. The maximum absolute atomic E-state index is 4.72. The number of benzene rings is 1. The van der Waals surface area contributed by atoms with Crippen LogP contribution in [0.2, 0.25) is 0 Å². The van der Waals surface area contributed by atoms with Gasteiger partial charge in [0, 0.05) is 41.2 Å². The van der Waals surface area contributed by atoms with Gasteiger partial charge in [-0.3, -0.25) is 4.40 Å². The molecule has 0 N–H and O–H groups in total. The molecule has 5 rings (SSSR count). The summed E-state index contributed by atoms with van der Waals surface area (Å²) in [5.74, 6) is 2.49. The van der Waals surface area contributed by atoms with Crippen molar-refractivity contribution in [1.29, 1.82) is 0 Å². The molecule has 0 radical (unpaired) electrons. The van der Waals surface area contributed by atoms with Gasteiger partial charge in [0.2, 0.25) is 5.78 Å². The number of aryl methyl sites for hydroxylation is 3. The van der Waals surface area contributed by atoms with Gasteiger partial charge in [-0.2, -0.15) is 0 Å². The first-order valence-electron chi connectivity index (χ1n) is 10.6. The lowest BCUT2D eigenvalue weighted by Gasteiger charge is -2.10. The third-order valence-electron chi connectivity index (χ3n) is 5.33. The van der Waals surface area contributed by atoms with E-state index in [4.69, 9.17) is 4.98 Å². The number of rotatable bonds is 8. The molecular weight excluding hydrogens is 436 g/mol. The van der Waals surface area contributed by atoms with E-state index < -0.39 is 0 Å². The van der Waals surface area contributed by atoms with Crippen LogP contribution >= 0.6 is 23.1 Å². The molecule has 0 saturated heterocycles. The fourth-order valence-corrected chi connectivity index (χ4v) is 5.33. The molecule has 1 aromatic carbocycles. The van der Waals surface area contributed by atoms with Gasteiger partial charge in [-0.05, 0) is 43.3 Å². The van der Waals surface area contributed by atoms with Crippen LogP contribution < -0.4 is 0 Å². The molecule has 32 heavy (non-hydrogen) atoms. The predicted molar refractivity (Wildman–Crippen MR) is 129 cm³/mol. The lowest BCUT2D eigenvalue weighted by molar-refractivity contribution is 0.610. The van der Waals surface area contributed by atoms with Crippen molar-refractivity contribution in [1.82, 2.24) is 29.1 Å². The zero-order valence-corrected chi connectivity index (χ0v) is 19.7. The van der Waals surface area contributed by atoms with Crippen LogP contribution in [0.25, 0.3) is 5.78 Å². The summed E-state index contributed by atoms with van der Waals surface area (Å²) in [5.41, 5.74) is 4.43. The Labute approximate surface area is 195 Å². The molecule has 8 heteroatoms. The Morgan fingerprint density at radius 3 is 2.69 bits per heavy atom. The molecule has 0 spiro atoms. The quantitative estimate of drug-likeness (QED) is 0.301. The lowest BCUT2D eigenvalue weighted by atomic mass is 10.1. The van der Waals surface area contributed by atoms with Crippen molar-refractivity contribution in [2.45, 2.75) is 44.1 Å². The second-order valence-electron chi connectivity index (χ2n) is 7.77. The number of thioether (sulfide) groups is 1. The zero-order chi connectivity index (χ0) is 21.9. The van der Waals surface area contributed by atoms with Crippen molar-refractivity contribution in [2.75, 3.05) is 0 Å². The SMILES string of the molecule is Cc1cc(C)n2cc(CSc3nnc(Cc4cccs4)n3CCc3ccccc3)nc2n1. The first-order chi connectivity index (χ1) is 15.7. The van der Waals surface area contributed by atoms with Crippen molar-refractivity contribution < 1.29 is 0 Å². The highest BCUT2D eigenvalue weighted by Gasteiger charge is 2.15. The monoisotopic (exact) mass is 460 g/mol. The molecule has 0 saturated carbocycles. The number of thiophene rings is 1. The van der Waals surface area contributed by atoms with E-state index in [1.165, 1.54) is 10.4 Å². The molecule has 4 heterocycles. The molecule has 0 unspecified atom stereocenters. The van der Waals surface area contributed by atoms with Crippen LogP contribution in [0.3, 0.4) is 0 Å². The Kier molecular flexibility index (Phi) is 6.05. The van der Waals surface area contributed by atoms with Crippen LogP contribution in [0.15, 0.2) is 65.3 Å². The Bertz CT molecular complexity index is 1320. The highest BCUT2D eigenvalue weighted by molar-refractivity contribution is 7.98. The van der Waals surface area contributed by atoms with Crippen LogP contribution in [-0.4, -0.2) is 29.1 Å². The molecule has 0 amide bonds. The van der Waals surface area contributed by atoms with Crippen molar-refractivity contribution in [2.24, 2.45) is 0 Å². The topological polar surface area (TPSA) is 60.9 Å². The zero-order valence-electron chi connectivity index (χ0n) is 18.1. The van der Waals surface area contributed by atoms with Gasteiger partial charge < -0.3 is 4.57 Å². The molecule has 162 valence electrons. The largest absolute Gasteiger partial charge is 0.305 e. The van der Waals surface area contributed by atoms with Crippen molar-refractivity contribution in [3.8, 4) is 0 Å². The smallest absolute Gasteiger partial charge is 0.234 e. The van der Waals surface area contributed by atoms with E-state index in [2.05, 4.69) is 86.8 Å². The van der Waals surface area contributed by atoms with Crippen LogP contribution in [0.1, 0.15) is 33.3 Å². The molecule has 0 aliphatic heterocycles. The van der Waals surface area contributed by atoms with Crippen molar-refractivity contribution in [3.63, 3.8) is 0 Å². The minimum absolute atomic E-state index is 0.727. The summed E-state index contributed by atoms with van der Waals surface area (Å²) < 4.78 is 4.31. The summed E-state index contributed by atoms with van der Waals surface area (Å²) in [6.07, 6.45) is 3.82. The Balaban J connectivity index is 1.37. The van der Waals surface area contributed by atoms with Gasteiger partial charge in [0.05, 0.1) is 5.69 Å². The van der Waals surface area contributed by atoms with E-state index in [1.54, 1.807) is 23.1 Å². The van der Waals surface area contributed by atoms with Crippen molar-refractivity contribution >= 4 is 28.9 Å². The Morgan fingerprint density at radius 1 is 1.00 bits per heavy atom. The third kappa shape index (κ3) is 4.61. The minimum atomic E-state index is 0.727. The van der Waals surface area contributed by atoms with Gasteiger partial charge in [-0.25, -0.2) is 9.97 Å². The second-order valence-corrected chi connectivity index (χ2v) is 9.75. The fourth-order valence-electron chi connectivity index (χ4n) is 3.76. The molecule has 0 aliphatic carbocycles. The first-order valence-corrected chi connectivity index (χ1v) is 12.5. The molecular formula is C24H24N6S2. The van der Waals surface area contributed by atoms with Gasteiger partial charge in [0.25, 0.3) is 0 Å². The number of fused-ring (bicyclic) bond motifs is 1.